The number of carbonyl (C=O) groups is 1. The van der Waals surface area contributed by atoms with Crippen molar-refractivity contribution in [2.75, 3.05) is 4.72 Å². The summed E-state index contributed by atoms with van der Waals surface area (Å²) in [4.78, 5) is 14.8. The van der Waals surface area contributed by atoms with Crippen LogP contribution in [0.3, 0.4) is 0 Å². The van der Waals surface area contributed by atoms with Crippen LogP contribution in [0.1, 0.15) is 6.42 Å². The third-order valence-corrected chi connectivity index (χ3v) is 2.94. The van der Waals surface area contributed by atoms with Gasteiger partial charge in [0.2, 0.25) is 0 Å². The summed E-state index contributed by atoms with van der Waals surface area (Å²) in [7, 11) is 0. The second-order valence-corrected chi connectivity index (χ2v) is 3.97. The second-order valence-electron chi connectivity index (χ2n) is 2.96. The van der Waals surface area contributed by atoms with Gasteiger partial charge in [-0.1, -0.05) is 18.2 Å². The first-order valence-corrected chi connectivity index (χ1v) is 5.27. The van der Waals surface area contributed by atoms with Crippen molar-refractivity contribution in [1.82, 2.24) is 0 Å². The predicted octanol–water partition coefficient (Wildman–Crippen LogP) is 2.12. The van der Waals surface area contributed by atoms with Crippen LogP contribution in [0.15, 0.2) is 35.3 Å². The van der Waals surface area contributed by atoms with Crippen molar-refractivity contribution in [3.63, 3.8) is 0 Å². The molecule has 0 aromatic heterocycles. The first-order chi connectivity index (χ1) is 6.86. The largest absolute Gasteiger partial charge is 0.329 e. The van der Waals surface area contributed by atoms with Crippen LogP contribution in [0, 0.1) is 0 Å². The third-order valence-electron chi connectivity index (χ3n) is 1.91. The van der Waals surface area contributed by atoms with Gasteiger partial charge in [-0.25, -0.2) is 4.99 Å². The maximum atomic E-state index is 11.1. The smallest absolute Gasteiger partial charge is 0.260 e. The molecule has 0 saturated heterocycles. The first-order valence-electron chi connectivity index (χ1n) is 4.39. The van der Waals surface area contributed by atoms with Gasteiger partial charge in [-0.2, -0.15) is 0 Å². The van der Waals surface area contributed by atoms with Gasteiger partial charge in [0.15, 0.2) is 0 Å². The Bertz CT molecular complexity index is 350. The Morgan fingerprint density at radius 3 is 2.79 bits per heavy atom. The Balaban J connectivity index is 1.86. The van der Waals surface area contributed by atoms with E-state index in [4.69, 9.17) is 0 Å². The molecule has 1 aliphatic heterocycles. The van der Waals surface area contributed by atoms with Gasteiger partial charge in [0.1, 0.15) is 5.25 Å². The zero-order chi connectivity index (χ0) is 9.80. The van der Waals surface area contributed by atoms with Crippen molar-refractivity contribution in [3.8, 4) is 0 Å². The molecule has 14 heavy (non-hydrogen) atoms. The lowest BCUT2D eigenvalue weighted by atomic mass is 10.3. The van der Waals surface area contributed by atoms with Crippen molar-refractivity contribution in [1.29, 1.82) is 0 Å². The van der Waals surface area contributed by atoms with E-state index in [0.717, 1.165) is 12.1 Å². The monoisotopic (exact) mass is 206 g/mol. The molecule has 1 amide bonds. The van der Waals surface area contributed by atoms with Gasteiger partial charge in [-0.05, 0) is 24.1 Å². The molecule has 0 fully saturated rings. The third kappa shape index (κ3) is 2.14. The predicted molar refractivity (Wildman–Crippen MR) is 59.6 cm³/mol. The summed E-state index contributed by atoms with van der Waals surface area (Å²) in [6.45, 7) is 0. The van der Waals surface area contributed by atoms with Gasteiger partial charge in [-0.3, -0.25) is 4.79 Å². The molecule has 1 heterocycles. The number of nitrogens with zero attached hydrogens (tertiary/aromatic N) is 1. The normalized spacial score (nSPS) is 20.0. The Kier molecular flexibility index (Phi) is 2.84. The lowest BCUT2D eigenvalue weighted by Crippen LogP contribution is -2.11. The van der Waals surface area contributed by atoms with Gasteiger partial charge in [0.25, 0.3) is 5.91 Å². The fourth-order valence-corrected chi connectivity index (χ4v) is 1.92. The fourth-order valence-electron chi connectivity index (χ4n) is 1.17. The lowest BCUT2D eigenvalue weighted by molar-refractivity contribution is -0.116. The zero-order valence-electron chi connectivity index (χ0n) is 7.51. The number of hydrogen-bond acceptors (Lipinski definition) is 3. The highest BCUT2D eigenvalue weighted by Crippen LogP contribution is 2.21. The van der Waals surface area contributed by atoms with E-state index in [1.807, 2.05) is 30.3 Å². The number of hydrogen-bond donors (Lipinski definition) is 1. The van der Waals surface area contributed by atoms with Gasteiger partial charge in [-0.15, -0.1) is 0 Å². The standard InChI is InChI=1S/C10H10N2OS/c13-10-9(6-7-11-10)14-12-8-4-2-1-3-5-8/h1-5,7,9,12H,6H2. The number of carbonyl (C=O) groups excluding carboxylic acids is 1. The number of rotatable bonds is 3. The maximum absolute atomic E-state index is 11.1. The van der Waals surface area contributed by atoms with E-state index in [9.17, 15) is 4.79 Å². The number of aliphatic imine (C=N–C) groups is 1. The minimum Gasteiger partial charge on any atom is -0.329 e. The molecule has 2 rings (SSSR count). The molecule has 1 aromatic carbocycles. The van der Waals surface area contributed by atoms with Gasteiger partial charge in [0, 0.05) is 18.3 Å². The first kappa shape index (κ1) is 9.27. The van der Waals surface area contributed by atoms with E-state index in [-0.39, 0.29) is 11.2 Å². The molecule has 0 aliphatic carbocycles. The summed E-state index contributed by atoms with van der Waals surface area (Å²) in [6, 6.07) is 9.80. The topological polar surface area (TPSA) is 41.5 Å². The number of anilines is 1. The summed E-state index contributed by atoms with van der Waals surface area (Å²) in [5, 5.41) is -0.0600. The molecular formula is C10H10N2OS. The summed E-state index contributed by atoms with van der Waals surface area (Å²) in [5.41, 5.74) is 1.01. The number of para-hydroxylation sites is 1. The van der Waals surface area contributed by atoms with E-state index in [1.165, 1.54) is 11.9 Å². The highest BCUT2D eigenvalue weighted by atomic mass is 32.2. The van der Waals surface area contributed by atoms with Crippen LogP contribution in [-0.2, 0) is 4.79 Å². The van der Waals surface area contributed by atoms with Crippen molar-refractivity contribution < 1.29 is 4.79 Å². The van der Waals surface area contributed by atoms with Crippen LogP contribution < -0.4 is 4.72 Å². The van der Waals surface area contributed by atoms with Crippen molar-refractivity contribution in [3.05, 3.63) is 30.3 Å². The fraction of sp³-hybridized carbons (Fsp3) is 0.200. The number of benzene rings is 1. The van der Waals surface area contributed by atoms with Gasteiger partial charge >= 0.3 is 0 Å². The zero-order valence-corrected chi connectivity index (χ0v) is 8.33. The second kappa shape index (κ2) is 4.28. The molecule has 1 aliphatic rings. The van der Waals surface area contributed by atoms with Crippen LogP contribution in [0.5, 0.6) is 0 Å². The quantitative estimate of drug-likeness (QED) is 0.770. The number of nitrogens with one attached hydrogen (secondary N) is 1. The van der Waals surface area contributed by atoms with Crippen molar-refractivity contribution >= 4 is 29.8 Å². The van der Waals surface area contributed by atoms with E-state index >= 15 is 0 Å². The Morgan fingerprint density at radius 1 is 1.36 bits per heavy atom. The molecule has 4 heteroatoms. The molecule has 1 atom stereocenters. The Labute approximate surface area is 86.8 Å². The summed E-state index contributed by atoms with van der Waals surface area (Å²) in [6.07, 6.45) is 2.40. The van der Waals surface area contributed by atoms with Gasteiger partial charge < -0.3 is 4.72 Å². The van der Waals surface area contributed by atoms with Crippen LogP contribution in [0.4, 0.5) is 5.69 Å². The Hall–Kier alpha value is -1.29. The highest BCUT2D eigenvalue weighted by molar-refractivity contribution is 8.01. The molecule has 72 valence electrons. The number of amides is 1. The maximum Gasteiger partial charge on any atom is 0.260 e. The molecule has 3 nitrogen and oxygen atoms in total. The minimum atomic E-state index is -0.0600. The molecule has 0 bridgehead atoms. The molecule has 1 unspecified atom stereocenters. The lowest BCUT2D eigenvalue weighted by Gasteiger charge is -2.08. The van der Waals surface area contributed by atoms with Crippen LogP contribution in [-0.4, -0.2) is 17.4 Å². The highest BCUT2D eigenvalue weighted by Gasteiger charge is 2.21. The minimum absolute atomic E-state index is 0.0431. The summed E-state index contributed by atoms with van der Waals surface area (Å²) >= 11 is 1.42. The molecule has 1 N–H and O–H groups in total. The SMILES string of the molecule is O=C1N=CCC1SNc1ccccc1. The van der Waals surface area contributed by atoms with Crippen LogP contribution >= 0.6 is 11.9 Å². The molecule has 0 saturated carbocycles. The van der Waals surface area contributed by atoms with Crippen molar-refractivity contribution in [2.45, 2.75) is 11.7 Å². The van der Waals surface area contributed by atoms with E-state index in [2.05, 4.69) is 9.71 Å². The average Bonchev–Trinajstić information content (AvgIpc) is 2.63. The molecular weight excluding hydrogens is 196 g/mol. The molecule has 0 spiro atoms. The van der Waals surface area contributed by atoms with Crippen molar-refractivity contribution in [2.24, 2.45) is 4.99 Å². The van der Waals surface area contributed by atoms with E-state index < -0.39 is 0 Å². The summed E-state index contributed by atoms with van der Waals surface area (Å²) < 4.78 is 3.13. The van der Waals surface area contributed by atoms with Crippen LogP contribution in [0.25, 0.3) is 0 Å². The molecule has 0 radical (unpaired) electrons. The van der Waals surface area contributed by atoms with E-state index in [0.29, 0.717) is 0 Å². The average molecular weight is 206 g/mol. The van der Waals surface area contributed by atoms with E-state index in [1.54, 1.807) is 6.21 Å². The summed E-state index contributed by atoms with van der Waals surface area (Å²) in [5.74, 6) is -0.0431. The Morgan fingerprint density at radius 2 is 2.14 bits per heavy atom. The molecule has 1 aromatic rings. The van der Waals surface area contributed by atoms with Gasteiger partial charge in [0.05, 0.1) is 0 Å². The van der Waals surface area contributed by atoms with Crippen LogP contribution in [0.2, 0.25) is 0 Å².